The van der Waals surface area contributed by atoms with Gasteiger partial charge in [-0.1, -0.05) is 0 Å². The summed E-state index contributed by atoms with van der Waals surface area (Å²) in [4.78, 5) is 0. The molecule has 0 aliphatic heterocycles. The van der Waals surface area contributed by atoms with E-state index in [4.69, 9.17) is 0 Å². The molecular weight excluding hydrogens is 828 g/mol. The molecule has 0 amide bonds. The summed E-state index contributed by atoms with van der Waals surface area (Å²) in [6, 6.07) is 0. The molecule has 7 heteroatoms. The first-order chi connectivity index (χ1) is 0. The van der Waals surface area contributed by atoms with E-state index in [2.05, 4.69) is 0 Å². The van der Waals surface area contributed by atoms with E-state index in [1.807, 2.05) is 0 Å². The van der Waals surface area contributed by atoms with Gasteiger partial charge in [-0.15, -0.1) is 120 Å². The Bertz CT molecular complexity index is 8.04. The van der Waals surface area contributed by atoms with Crippen LogP contribution in [0.15, 0.2) is 0 Å². The first kappa shape index (κ1) is 51.1. The van der Waals surface area contributed by atoms with Crippen molar-refractivity contribution in [3.05, 3.63) is 0 Å². The SMILES string of the molecule is I.I.I.I.I.[Ag].[RbH]. The van der Waals surface area contributed by atoms with Gasteiger partial charge in [-0.3, -0.25) is 0 Å². The summed E-state index contributed by atoms with van der Waals surface area (Å²) in [5.74, 6) is 0. The summed E-state index contributed by atoms with van der Waals surface area (Å²) >= 11 is 0. The van der Waals surface area contributed by atoms with Crippen molar-refractivity contribution in [1.29, 1.82) is 0 Å². The quantitative estimate of drug-likeness (QED) is 0.260. The van der Waals surface area contributed by atoms with Gasteiger partial charge in [0.2, 0.25) is 0 Å². The number of rotatable bonds is 0. The van der Waals surface area contributed by atoms with Gasteiger partial charge < -0.3 is 0 Å². The third-order valence-corrected chi connectivity index (χ3v) is 0. The molecule has 0 aliphatic rings. The summed E-state index contributed by atoms with van der Waals surface area (Å²) in [5.41, 5.74) is 0. The van der Waals surface area contributed by atoms with E-state index in [0.29, 0.717) is 0 Å². The van der Waals surface area contributed by atoms with Crippen LogP contribution in [0, 0.1) is 0 Å². The molecule has 1 radical (unpaired) electrons. The van der Waals surface area contributed by atoms with Crippen molar-refractivity contribution in [2.24, 2.45) is 0 Å². The van der Waals surface area contributed by atoms with Crippen LogP contribution in [0.1, 0.15) is 0 Å². The van der Waals surface area contributed by atoms with Crippen LogP contribution < -0.4 is 0 Å². The van der Waals surface area contributed by atoms with Crippen LogP contribution in [0.2, 0.25) is 0 Å². The van der Waals surface area contributed by atoms with Crippen LogP contribution in [0.25, 0.3) is 0 Å². The Morgan fingerprint density at radius 3 is 0.429 bits per heavy atom. The van der Waals surface area contributed by atoms with Gasteiger partial charge in [0.25, 0.3) is 0 Å². The Labute approximate surface area is 194 Å². The molecule has 0 aromatic heterocycles. The molecule has 0 nitrogen and oxygen atoms in total. The molecule has 0 saturated carbocycles. The molecule has 7 heavy (non-hydrogen) atoms. The molecular formula is H6AgI5Rb. The van der Waals surface area contributed by atoms with E-state index < -0.39 is 0 Å². The second-order valence-corrected chi connectivity index (χ2v) is 0. The molecule has 0 heterocycles. The zero-order valence-corrected chi connectivity index (χ0v) is 15.5. The van der Waals surface area contributed by atoms with Crippen molar-refractivity contribution in [1.82, 2.24) is 0 Å². The first-order valence-corrected chi connectivity index (χ1v) is 0. The van der Waals surface area contributed by atoms with Crippen molar-refractivity contribution < 1.29 is 22.4 Å². The molecule has 0 saturated heterocycles. The van der Waals surface area contributed by atoms with E-state index >= 15 is 0 Å². The average Bonchev–Trinajstić information content (AvgIpc) is 0. The normalized spacial score (nSPS) is 0. The van der Waals surface area contributed by atoms with Gasteiger partial charge in [0.1, 0.15) is 0 Å². The fourth-order valence-corrected chi connectivity index (χ4v) is 0. The summed E-state index contributed by atoms with van der Waals surface area (Å²) in [6.45, 7) is 0. The number of halogens is 5. The van der Waals surface area contributed by atoms with E-state index in [9.17, 15) is 0 Å². The fourth-order valence-electron chi connectivity index (χ4n) is 0. The molecule has 0 atom stereocenters. The number of hydrogen-bond donors (Lipinski definition) is 0. The zero-order chi connectivity index (χ0) is 0. The van der Waals surface area contributed by atoms with Crippen LogP contribution in [0.3, 0.4) is 0 Å². The number of hydrogen-bond acceptors (Lipinski definition) is 0. The monoisotopic (exact) mass is 832 g/mol. The third kappa shape index (κ3) is 33.0. The molecule has 0 aromatic rings. The van der Waals surface area contributed by atoms with Crippen LogP contribution in [0.5, 0.6) is 0 Å². The van der Waals surface area contributed by atoms with Crippen molar-refractivity contribution >= 4 is 178 Å². The maximum absolute atomic E-state index is 0. The Morgan fingerprint density at radius 1 is 0.429 bits per heavy atom. The molecule has 0 bridgehead atoms. The molecule has 0 rings (SSSR count). The Balaban J connectivity index is 0. The molecule has 0 fully saturated rings. The summed E-state index contributed by atoms with van der Waals surface area (Å²) in [7, 11) is 0. The Morgan fingerprint density at radius 2 is 0.429 bits per heavy atom. The van der Waals surface area contributed by atoms with Crippen molar-refractivity contribution in [3.63, 3.8) is 0 Å². The van der Waals surface area contributed by atoms with E-state index in [1.54, 1.807) is 0 Å². The van der Waals surface area contributed by atoms with Crippen LogP contribution >= 0.6 is 120 Å². The minimum atomic E-state index is 0. The molecule has 0 aliphatic carbocycles. The predicted molar refractivity (Wildman–Crippen MR) is 84.2 cm³/mol. The van der Waals surface area contributed by atoms with Crippen LogP contribution in [-0.4, -0.2) is 58.2 Å². The predicted octanol–water partition coefficient (Wildman–Crippen LogP) is 2.44. The van der Waals surface area contributed by atoms with Crippen LogP contribution in [0.4, 0.5) is 0 Å². The van der Waals surface area contributed by atoms with Gasteiger partial charge in [-0.05, 0) is 0 Å². The van der Waals surface area contributed by atoms with E-state index in [1.165, 1.54) is 0 Å². The van der Waals surface area contributed by atoms with Gasteiger partial charge in [0.05, 0.1) is 0 Å². The van der Waals surface area contributed by atoms with Crippen molar-refractivity contribution in [3.8, 4) is 0 Å². The van der Waals surface area contributed by atoms with Gasteiger partial charge >= 0.3 is 58.2 Å². The maximum atomic E-state index is 0. The fraction of sp³-hybridized carbons (Fsp3) is 0. The topological polar surface area (TPSA) is 0 Å². The van der Waals surface area contributed by atoms with E-state index in [-0.39, 0.29) is 200 Å². The second kappa shape index (κ2) is 39.8. The first-order valence-electron chi connectivity index (χ1n) is 0. The Hall–Kier alpha value is 6.20. The van der Waals surface area contributed by atoms with Gasteiger partial charge in [-0.2, -0.15) is 0 Å². The second-order valence-electron chi connectivity index (χ2n) is 0. The summed E-state index contributed by atoms with van der Waals surface area (Å²) in [5, 5.41) is 0. The third-order valence-electron chi connectivity index (χ3n) is 0. The van der Waals surface area contributed by atoms with Crippen molar-refractivity contribution in [2.75, 3.05) is 0 Å². The van der Waals surface area contributed by atoms with Gasteiger partial charge in [0.15, 0.2) is 0 Å². The van der Waals surface area contributed by atoms with Gasteiger partial charge in [-0.25, -0.2) is 0 Å². The Kier molecular flexibility index (Phi) is 291. The molecule has 53 valence electrons. The minimum absolute atomic E-state index is 0. The molecule has 0 spiro atoms. The van der Waals surface area contributed by atoms with E-state index in [0.717, 1.165) is 0 Å². The molecule has 0 unspecified atom stereocenters. The van der Waals surface area contributed by atoms with Crippen molar-refractivity contribution in [2.45, 2.75) is 0 Å². The summed E-state index contributed by atoms with van der Waals surface area (Å²) in [6.07, 6.45) is 0. The molecule has 0 aromatic carbocycles. The van der Waals surface area contributed by atoms with Crippen LogP contribution in [-0.2, 0) is 22.4 Å². The zero-order valence-electron chi connectivity index (χ0n) is 2.34. The average molecular weight is 834 g/mol. The summed E-state index contributed by atoms with van der Waals surface area (Å²) < 4.78 is 0. The standard InChI is InChI=1S/Ag.5HI.Rb.H/h;5*1H;;. The molecule has 0 N–H and O–H groups in total. The van der Waals surface area contributed by atoms with Gasteiger partial charge in [0, 0.05) is 22.4 Å².